The highest BCUT2D eigenvalue weighted by Crippen LogP contribution is 2.35. The van der Waals surface area contributed by atoms with Gasteiger partial charge in [-0.05, 0) is 61.2 Å². The van der Waals surface area contributed by atoms with Crippen LogP contribution in [0, 0.1) is 0 Å². The van der Waals surface area contributed by atoms with Crippen molar-refractivity contribution >= 4 is 32.5 Å². The summed E-state index contributed by atoms with van der Waals surface area (Å²) in [6.45, 7) is 4.97. The zero-order valence-electron chi connectivity index (χ0n) is 16.7. The van der Waals surface area contributed by atoms with Gasteiger partial charge in [-0.15, -0.1) is 0 Å². The molecule has 0 fully saturated rings. The van der Waals surface area contributed by atoms with Crippen LogP contribution in [0.25, 0.3) is 10.9 Å². The smallest absolute Gasteiger partial charge is 0.189 e. The second kappa shape index (κ2) is 9.01. The Kier molecular flexibility index (Phi) is 6.21. The Bertz CT molecular complexity index is 1060. The van der Waals surface area contributed by atoms with Gasteiger partial charge < -0.3 is 16.1 Å². The predicted molar refractivity (Wildman–Crippen MR) is 124 cm³/mol. The Balaban J connectivity index is 1.35. The summed E-state index contributed by atoms with van der Waals surface area (Å²) in [6, 6.07) is 14.1. The number of hydrogen-bond donors (Lipinski definition) is 3. The third-order valence-corrected chi connectivity index (χ3v) is 5.99. The van der Waals surface area contributed by atoms with Gasteiger partial charge in [-0.2, -0.15) is 0 Å². The zero-order valence-corrected chi connectivity index (χ0v) is 18.3. The molecule has 0 bridgehead atoms. The monoisotopic (exact) mass is 454 g/mol. The molecule has 4 rings (SSSR count). The zero-order chi connectivity index (χ0) is 20.2. The van der Waals surface area contributed by atoms with Crippen LogP contribution in [-0.2, 0) is 6.42 Å². The Morgan fingerprint density at radius 2 is 2.07 bits per heavy atom. The number of anilines is 1. The van der Waals surface area contributed by atoms with Crippen molar-refractivity contribution in [3.63, 3.8) is 0 Å². The lowest BCUT2D eigenvalue weighted by Crippen LogP contribution is -2.31. The number of pyridine rings is 1. The van der Waals surface area contributed by atoms with Crippen LogP contribution in [-0.4, -0.2) is 24.3 Å². The Hall–Kier alpha value is -2.31. The van der Waals surface area contributed by atoms with Gasteiger partial charge in [0.15, 0.2) is 5.43 Å². The van der Waals surface area contributed by atoms with Crippen LogP contribution in [0.4, 0.5) is 5.69 Å². The molecule has 3 aromatic rings. The fraction of sp³-hybridized carbons (Fsp3) is 0.348. The third kappa shape index (κ3) is 4.33. The van der Waals surface area contributed by atoms with Gasteiger partial charge in [-0.1, -0.05) is 35.0 Å². The fourth-order valence-corrected chi connectivity index (χ4v) is 4.59. The van der Waals surface area contributed by atoms with Crippen LogP contribution >= 0.6 is 15.9 Å². The minimum Gasteiger partial charge on any atom is -0.384 e. The maximum atomic E-state index is 12.0. The molecule has 1 aliphatic rings. The standard InChI is InChI=1S/C23H27BrN4O/c1-2-16-14-17(24)15-19-20(8-12-26-23(16)19)25-10-5-11-27-28-13-9-22(29)18-6-3-4-7-21(18)28/h3-4,6-7,9,13-15,20,25-27H,2,5,8,10-12H2,1H3. The third-order valence-electron chi connectivity index (χ3n) is 5.54. The molecule has 1 atom stereocenters. The highest BCUT2D eigenvalue weighted by atomic mass is 79.9. The molecule has 0 spiro atoms. The van der Waals surface area contributed by atoms with Gasteiger partial charge >= 0.3 is 0 Å². The first kappa shape index (κ1) is 20.0. The first-order valence-corrected chi connectivity index (χ1v) is 11.1. The van der Waals surface area contributed by atoms with E-state index in [1.807, 2.05) is 35.1 Å². The SMILES string of the molecule is CCc1cc(Br)cc2c1NCCC2NCCCNn1ccc(=O)c2ccccc21. The first-order valence-electron chi connectivity index (χ1n) is 10.3. The van der Waals surface area contributed by atoms with Crippen LogP contribution in [0.1, 0.15) is 36.9 Å². The summed E-state index contributed by atoms with van der Waals surface area (Å²) in [4.78, 5) is 12.0. The first-order chi connectivity index (χ1) is 14.2. The Morgan fingerprint density at radius 3 is 2.93 bits per heavy atom. The summed E-state index contributed by atoms with van der Waals surface area (Å²) in [5, 5.41) is 8.05. The average Bonchev–Trinajstić information content (AvgIpc) is 2.74. The molecule has 2 heterocycles. The van der Waals surface area contributed by atoms with Crippen molar-refractivity contribution in [3.8, 4) is 0 Å². The van der Waals surface area contributed by atoms with Crippen LogP contribution in [0.5, 0.6) is 0 Å². The van der Waals surface area contributed by atoms with Gasteiger partial charge in [0.25, 0.3) is 0 Å². The van der Waals surface area contributed by atoms with Crippen molar-refractivity contribution in [3.05, 3.63) is 74.5 Å². The highest BCUT2D eigenvalue weighted by molar-refractivity contribution is 9.10. The molecule has 1 unspecified atom stereocenters. The van der Waals surface area contributed by atoms with Crippen molar-refractivity contribution in [2.24, 2.45) is 0 Å². The van der Waals surface area contributed by atoms with Gasteiger partial charge in [0.2, 0.25) is 0 Å². The summed E-state index contributed by atoms with van der Waals surface area (Å²) in [6.07, 6.45) is 4.92. The lowest BCUT2D eigenvalue weighted by Gasteiger charge is -2.30. The molecule has 3 N–H and O–H groups in total. The number of hydrogen-bond acceptors (Lipinski definition) is 4. The summed E-state index contributed by atoms with van der Waals surface area (Å²) < 4.78 is 3.09. The molecule has 0 saturated carbocycles. The van der Waals surface area contributed by atoms with Crippen molar-refractivity contribution < 1.29 is 0 Å². The van der Waals surface area contributed by atoms with Crippen molar-refractivity contribution in [2.45, 2.75) is 32.2 Å². The van der Waals surface area contributed by atoms with E-state index in [0.29, 0.717) is 6.04 Å². The van der Waals surface area contributed by atoms with Crippen LogP contribution in [0.15, 0.2) is 57.9 Å². The maximum absolute atomic E-state index is 12.0. The van der Waals surface area contributed by atoms with E-state index in [1.165, 1.54) is 16.8 Å². The van der Waals surface area contributed by atoms with E-state index in [0.717, 1.165) is 54.3 Å². The number of aryl methyl sites for hydroxylation is 1. The largest absolute Gasteiger partial charge is 0.384 e. The summed E-state index contributed by atoms with van der Waals surface area (Å²) in [5.41, 5.74) is 8.42. The number of halogens is 1. The highest BCUT2D eigenvalue weighted by Gasteiger charge is 2.21. The molecule has 6 heteroatoms. The molecule has 152 valence electrons. The van der Waals surface area contributed by atoms with E-state index in [2.05, 4.69) is 51.0 Å². The van der Waals surface area contributed by atoms with Gasteiger partial charge in [0.05, 0.1) is 5.52 Å². The normalized spacial score (nSPS) is 15.7. The van der Waals surface area contributed by atoms with Crippen LogP contribution in [0.3, 0.4) is 0 Å². The van der Waals surface area contributed by atoms with E-state index in [-0.39, 0.29) is 5.43 Å². The van der Waals surface area contributed by atoms with E-state index in [9.17, 15) is 4.79 Å². The molecule has 2 aromatic carbocycles. The molecule has 1 aromatic heterocycles. The quantitative estimate of drug-likeness (QED) is 0.462. The number of rotatable bonds is 7. The summed E-state index contributed by atoms with van der Waals surface area (Å²) in [7, 11) is 0. The number of nitrogens with zero attached hydrogens (tertiary/aromatic N) is 1. The maximum Gasteiger partial charge on any atom is 0.189 e. The summed E-state index contributed by atoms with van der Waals surface area (Å²) >= 11 is 3.66. The number of para-hydroxylation sites is 1. The number of aromatic nitrogens is 1. The molecule has 29 heavy (non-hydrogen) atoms. The molecule has 5 nitrogen and oxygen atoms in total. The van der Waals surface area contributed by atoms with Gasteiger partial charge in [-0.3, -0.25) is 9.47 Å². The number of fused-ring (bicyclic) bond motifs is 2. The molecular weight excluding hydrogens is 428 g/mol. The molecule has 1 aliphatic heterocycles. The van der Waals surface area contributed by atoms with E-state index < -0.39 is 0 Å². The van der Waals surface area contributed by atoms with Crippen molar-refractivity contribution in [2.75, 3.05) is 30.4 Å². The second-order valence-electron chi connectivity index (χ2n) is 7.43. The Labute approximate surface area is 179 Å². The lowest BCUT2D eigenvalue weighted by molar-refractivity contribution is 0.495. The molecular formula is C23H27BrN4O. The lowest BCUT2D eigenvalue weighted by atomic mass is 9.94. The average molecular weight is 455 g/mol. The molecule has 0 amide bonds. The molecule has 0 radical (unpaired) electrons. The van der Waals surface area contributed by atoms with Gasteiger partial charge in [-0.25, -0.2) is 0 Å². The van der Waals surface area contributed by atoms with Gasteiger partial charge in [0, 0.05) is 46.9 Å². The van der Waals surface area contributed by atoms with E-state index in [1.54, 1.807) is 6.07 Å². The Morgan fingerprint density at radius 1 is 1.21 bits per heavy atom. The van der Waals surface area contributed by atoms with E-state index >= 15 is 0 Å². The van der Waals surface area contributed by atoms with Crippen molar-refractivity contribution in [1.82, 2.24) is 9.99 Å². The summed E-state index contributed by atoms with van der Waals surface area (Å²) in [5.74, 6) is 0. The van der Waals surface area contributed by atoms with Crippen LogP contribution in [0.2, 0.25) is 0 Å². The minimum absolute atomic E-state index is 0.0579. The molecule has 0 saturated heterocycles. The second-order valence-corrected chi connectivity index (χ2v) is 8.35. The van der Waals surface area contributed by atoms with Gasteiger partial charge in [0.1, 0.15) is 0 Å². The number of benzene rings is 2. The van der Waals surface area contributed by atoms with Crippen LogP contribution < -0.4 is 21.5 Å². The number of nitrogens with one attached hydrogen (secondary N) is 3. The minimum atomic E-state index is 0.0579. The predicted octanol–water partition coefficient (Wildman–Crippen LogP) is 4.41. The topological polar surface area (TPSA) is 58.1 Å². The van der Waals surface area contributed by atoms with Crippen molar-refractivity contribution in [1.29, 1.82) is 0 Å². The molecule has 0 aliphatic carbocycles. The van der Waals surface area contributed by atoms with E-state index in [4.69, 9.17) is 0 Å². The fourth-order valence-electron chi connectivity index (χ4n) is 4.07.